The second-order valence-electron chi connectivity index (χ2n) is 3.61. The van der Waals surface area contributed by atoms with Gasteiger partial charge in [-0.1, -0.05) is 30.3 Å². The Hall–Kier alpha value is -1.41. The van der Waals surface area contributed by atoms with Gasteiger partial charge in [0, 0.05) is 5.39 Å². The number of nitrogens with one attached hydrogen (secondary N) is 1. The highest BCUT2D eigenvalue weighted by Crippen LogP contribution is 2.22. The summed E-state index contributed by atoms with van der Waals surface area (Å²) in [5, 5.41) is 4.81. The van der Waals surface area contributed by atoms with E-state index in [1.807, 2.05) is 31.3 Å². The fraction of sp³-hybridized carbons (Fsp3) is 0.231. The Morgan fingerprint density at radius 3 is 2.60 bits per heavy atom. The molecular formula is C13H14FN. The first kappa shape index (κ1) is 10.1. The highest BCUT2D eigenvalue weighted by Gasteiger charge is 2.04. The maximum absolute atomic E-state index is 13.7. The molecule has 1 nitrogen and oxygen atoms in total. The van der Waals surface area contributed by atoms with Crippen molar-refractivity contribution in [2.45, 2.75) is 6.42 Å². The van der Waals surface area contributed by atoms with Crippen molar-refractivity contribution >= 4 is 10.8 Å². The number of hydrogen-bond donors (Lipinski definition) is 1. The van der Waals surface area contributed by atoms with Crippen LogP contribution < -0.4 is 5.32 Å². The van der Waals surface area contributed by atoms with Crippen molar-refractivity contribution in [1.82, 2.24) is 5.32 Å². The maximum atomic E-state index is 13.7. The average Bonchev–Trinajstić information content (AvgIpc) is 2.26. The summed E-state index contributed by atoms with van der Waals surface area (Å²) in [7, 11) is 1.90. The summed E-state index contributed by atoms with van der Waals surface area (Å²) in [4.78, 5) is 0. The van der Waals surface area contributed by atoms with E-state index in [-0.39, 0.29) is 5.82 Å². The van der Waals surface area contributed by atoms with Crippen LogP contribution in [0.4, 0.5) is 4.39 Å². The van der Waals surface area contributed by atoms with Gasteiger partial charge in [-0.2, -0.15) is 0 Å². The third-order valence-corrected chi connectivity index (χ3v) is 2.58. The van der Waals surface area contributed by atoms with E-state index in [2.05, 4.69) is 5.32 Å². The van der Waals surface area contributed by atoms with Gasteiger partial charge < -0.3 is 5.32 Å². The SMILES string of the molecule is CNCCc1cccc2cccc(F)c12. The van der Waals surface area contributed by atoms with Crippen molar-refractivity contribution in [3.05, 3.63) is 47.8 Å². The molecule has 0 aromatic heterocycles. The molecule has 0 unspecified atom stereocenters. The van der Waals surface area contributed by atoms with Crippen LogP contribution in [0, 0.1) is 5.82 Å². The lowest BCUT2D eigenvalue weighted by molar-refractivity contribution is 0.638. The smallest absolute Gasteiger partial charge is 0.131 e. The van der Waals surface area contributed by atoms with E-state index >= 15 is 0 Å². The Morgan fingerprint density at radius 1 is 1.13 bits per heavy atom. The zero-order valence-corrected chi connectivity index (χ0v) is 8.76. The van der Waals surface area contributed by atoms with Crippen molar-refractivity contribution in [1.29, 1.82) is 0 Å². The number of fused-ring (bicyclic) bond motifs is 1. The predicted octanol–water partition coefficient (Wildman–Crippen LogP) is 2.74. The molecule has 0 aliphatic rings. The number of halogens is 1. The molecule has 0 aliphatic heterocycles. The van der Waals surface area contributed by atoms with Crippen LogP contribution in [-0.4, -0.2) is 13.6 Å². The van der Waals surface area contributed by atoms with Gasteiger partial charge in [-0.3, -0.25) is 0 Å². The molecule has 0 saturated heterocycles. The first-order valence-corrected chi connectivity index (χ1v) is 5.13. The van der Waals surface area contributed by atoms with Crippen LogP contribution in [0.5, 0.6) is 0 Å². The zero-order chi connectivity index (χ0) is 10.7. The minimum Gasteiger partial charge on any atom is -0.319 e. The molecule has 2 aromatic rings. The van der Waals surface area contributed by atoms with E-state index in [1.165, 1.54) is 6.07 Å². The summed E-state index contributed by atoms with van der Waals surface area (Å²) in [5.41, 5.74) is 1.07. The van der Waals surface area contributed by atoms with Crippen molar-refractivity contribution in [2.75, 3.05) is 13.6 Å². The fourth-order valence-electron chi connectivity index (χ4n) is 1.84. The summed E-state index contributed by atoms with van der Waals surface area (Å²) < 4.78 is 13.7. The van der Waals surface area contributed by atoms with Gasteiger partial charge in [-0.15, -0.1) is 0 Å². The van der Waals surface area contributed by atoms with Gasteiger partial charge in [-0.25, -0.2) is 4.39 Å². The van der Waals surface area contributed by atoms with Gasteiger partial charge in [-0.05, 0) is 37.0 Å². The summed E-state index contributed by atoms with van der Waals surface area (Å²) in [6.07, 6.45) is 0.856. The molecule has 0 radical (unpaired) electrons. The quantitative estimate of drug-likeness (QED) is 0.808. The van der Waals surface area contributed by atoms with Gasteiger partial charge in [0.1, 0.15) is 5.82 Å². The molecule has 2 rings (SSSR count). The summed E-state index contributed by atoms with van der Waals surface area (Å²) in [6, 6.07) is 11.1. The minimum absolute atomic E-state index is 0.126. The molecule has 0 spiro atoms. The number of hydrogen-bond acceptors (Lipinski definition) is 1. The third-order valence-electron chi connectivity index (χ3n) is 2.58. The minimum atomic E-state index is -0.126. The molecule has 0 amide bonds. The predicted molar refractivity (Wildman–Crippen MR) is 61.5 cm³/mol. The van der Waals surface area contributed by atoms with Crippen LogP contribution >= 0.6 is 0 Å². The van der Waals surface area contributed by atoms with Crippen LogP contribution in [0.15, 0.2) is 36.4 Å². The Balaban J connectivity index is 2.53. The van der Waals surface area contributed by atoms with Gasteiger partial charge in [0.25, 0.3) is 0 Å². The Kier molecular flexibility index (Phi) is 2.97. The standard InChI is InChI=1S/C13H14FN/c1-15-9-8-11-5-2-4-10-6-3-7-12(14)13(10)11/h2-7,15H,8-9H2,1H3. The lowest BCUT2D eigenvalue weighted by atomic mass is 10.0. The number of likely N-dealkylation sites (N-methyl/N-ethyl adjacent to an activating group) is 1. The molecule has 2 heteroatoms. The van der Waals surface area contributed by atoms with E-state index < -0.39 is 0 Å². The topological polar surface area (TPSA) is 12.0 Å². The first-order chi connectivity index (χ1) is 7.33. The molecule has 1 N–H and O–H groups in total. The lowest BCUT2D eigenvalue weighted by Gasteiger charge is -2.06. The normalized spacial score (nSPS) is 10.8. The summed E-state index contributed by atoms with van der Waals surface area (Å²) in [6.45, 7) is 0.868. The summed E-state index contributed by atoms with van der Waals surface area (Å²) in [5.74, 6) is -0.126. The van der Waals surface area contributed by atoms with Gasteiger partial charge in [0.2, 0.25) is 0 Å². The first-order valence-electron chi connectivity index (χ1n) is 5.13. The summed E-state index contributed by atoms with van der Waals surface area (Å²) >= 11 is 0. The van der Waals surface area contributed by atoms with Gasteiger partial charge in [0.05, 0.1) is 0 Å². The van der Waals surface area contributed by atoms with Gasteiger partial charge in [0.15, 0.2) is 0 Å². The van der Waals surface area contributed by atoms with E-state index in [0.717, 1.165) is 29.3 Å². The molecule has 2 aromatic carbocycles. The largest absolute Gasteiger partial charge is 0.319 e. The highest BCUT2D eigenvalue weighted by atomic mass is 19.1. The van der Waals surface area contributed by atoms with E-state index in [0.29, 0.717) is 0 Å². The van der Waals surface area contributed by atoms with Crippen LogP contribution in [-0.2, 0) is 6.42 Å². The lowest BCUT2D eigenvalue weighted by Crippen LogP contribution is -2.10. The van der Waals surface area contributed by atoms with Crippen LogP contribution in [0.3, 0.4) is 0 Å². The molecule has 0 heterocycles. The van der Waals surface area contributed by atoms with Crippen molar-refractivity contribution in [3.8, 4) is 0 Å². The number of rotatable bonds is 3. The molecule has 0 aliphatic carbocycles. The number of benzene rings is 2. The highest BCUT2D eigenvalue weighted by molar-refractivity contribution is 5.86. The molecule has 15 heavy (non-hydrogen) atoms. The molecule has 0 atom stereocenters. The van der Waals surface area contributed by atoms with Crippen molar-refractivity contribution in [2.24, 2.45) is 0 Å². The van der Waals surface area contributed by atoms with E-state index in [9.17, 15) is 4.39 Å². The Bertz CT molecular complexity index is 460. The second kappa shape index (κ2) is 4.41. The van der Waals surface area contributed by atoms with Crippen LogP contribution in [0.2, 0.25) is 0 Å². The monoisotopic (exact) mass is 203 g/mol. The molecule has 78 valence electrons. The molecule has 0 bridgehead atoms. The third kappa shape index (κ3) is 2.00. The average molecular weight is 203 g/mol. The van der Waals surface area contributed by atoms with Crippen molar-refractivity contribution in [3.63, 3.8) is 0 Å². The second-order valence-corrected chi connectivity index (χ2v) is 3.61. The fourth-order valence-corrected chi connectivity index (χ4v) is 1.84. The molecule has 0 fully saturated rings. The Morgan fingerprint density at radius 2 is 1.87 bits per heavy atom. The van der Waals surface area contributed by atoms with E-state index in [1.54, 1.807) is 6.07 Å². The van der Waals surface area contributed by atoms with Crippen LogP contribution in [0.25, 0.3) is 10.8 Å². The van der Waals surface area contributed by atoms with Crippen LogP contribution in [0.1, 0.15) is 5.56 Å². The van der Waals surface area contributed by atoms with Gasteiger partial charge >= 0.3 is 0 Å². The maximum Gasteiger partial charge on any atom is 0.131 e. The molecule has 0 saturated carbocycles. The van der Waals surface area contributed by atoms with E-state index in [4.69, 9.17) is 0 Å². The molecular weight excluding hydrogens is 189 g/mol. The Labute approximate surface area is 88.9 Å². The van der Waals surface area contributed by atoms with Crippen molar-refractivity contribution < 1.29 is 4.39 Å². The zero-order valence-electron chi connectivity index (χ0n) is 8.76.